The number of anilines is 1. The molecule has 2 fully saturated rings. The summed E-state index contributed by atoms with van der Waals surface area (Å²) >= 11 is 1.28. The maximum atomic E-state index is 14.2. The lowest BCUT2D eigenvalue weighted by atomic mass is 9.69. The lowest BCUT2D eigenvalue weighted by Gasteiger charge is -2.37. The predicted octanol–water partition coefficient (Wildman–Crippen LogP) is 4.73. The number of hydrogen-bond acceptors (Lipinski definition) is 8. The maximum Gasteiger partial charge on any atom is 0.262 e. The van der Waals surface area contributed by atoms with Crippen LogP contribution in [0.15, 0.2) is 54.6 Å². The van der Waals surface area contributed by atoms with Crippen molar-refractivity contribution in [3.63, 3.8) is 0 Å². The van der Waals surface area contributed by atoms with Gasteiger partial charge in [0.15, 0.2) is 5.78 Å². The minimum absolute atomic E-state index is 0.0178. The van der Waals surface area contributed by atoms with Crippen LogP contribution in [-0.4, -0.2) is 30.8 Å². The summed E-state index contributed by atoms with van der Waals surface area (Å²) in [7, 11) is 0. The first-order valence-corrected chi connectivity index (χ1v) is 15.4. The first-order valence-electron chi connectivity index (χ1n) is 14.6. The molecule has 2 aliphatic carbocycles. The molecule has 1 aromatic heterocycles. The monoisotopic (exact) mass is 581 g/mol. The zero-order valence-corrected chi connectivity index (χ0v) is 24.4. The van der Waals surface area contributed by atoms with Crippen molar-refractivity contribution < 1.29 is 14.3 Å². The van der Waals surface area contributed by atoms with E-state index in [1.54, 1.807) is 12.1 Å². The Balaban J connectivity index is 1.29. The minimum Gasteiger partial charge on any atom is -0.457 e. The summed E-state index contributed by atoms with van der Waals surface area (Å²) in [6.07, 6.45) is 4.25. The van der Waals surface area contributed by atoms with Gasteiger partial charge in [-0.25, -0.2) is 0 Å². The van der Waals surface area contributed by atoms with Crippen LogP contribution in [0.25, 0.3) is 10.1 Å². The molecule has 1 aliphatic heterocycles. The second-order valence-electron chi connectivity index (χ2n) is 11.8. The first-order chi connectivity index (χ1) is 20.3. The summed E-state index contributed by atoms with van der Waals surface area (Å²) in [5.41, 5.74) is 23.0. The molecule has 3 aliphatic rings. The number of ether oxygens (including phenoxy) is 1. The Morgan fingerprint density at radius 2 is 1.88 bits per heavy atom. The second kappa shape index (κ2) is 10.2. The fourth-order valence-corrected chi connectivity index (χ4v) is 7.83. The molecule has 1 saturated carbocycles. The Kier molecular flexibility index (Phi) is 6.58. The molecule has 1 saturated heterocycles. The van der Waals surface area contributed by atoms with Crippen LogP contribution in [0.1, 0.15) is 75.1 Å². The van der Waals surface area contributed by atoms with Gasteiger partial charge in [0.2, 0.25) is 0 Å². The third-order valence-electron chi connectivity index (χ3n) is 8.94. The highest BCUT2D eigenvalue weighted by Crippen LogP contribution is 2.50. The first kappa shape index (κ1) is 27.1. The lowest BCUT2D eigenvalue weighted by molar-refractivity contribution is -0.124. The van der Waals surface area contributed by atoms with E-state index in [-0.39, 0.29) is 17.7 Å². The van der Waals surface area contributed by atoms with Gasteiger partial charge in [0.25, 0.3) is 5.91 Å². The van der Waals surface area contributed by atoms with Crippen LogP contribution >= 0.6 is 11.3 Å². The minimum atomic E-state index is -1.52. The number of para-hydroxylation sites is 1. The van der Waals surface area contributed by atoms with Crippen molar-refractivity contribution in [3.05, 3.63) is 87.3 Å². The van der Waals surface area contributed by atoms with Gasteiger partial charge in [-0.05, 0) is 91.6 Å². The maximum absolute atomic E-state index is 14.2. The number of ketones is 1. The topological polar surface area (TPSA) is 145 Å². The molecule has 3 atom stereocenters. The number of Topliss-reactive ketones (excluding diaryl/α,β-unsaturated/α-hetero) is 1. The molecule has 42 heavy (non-hydrogen) atoms. The van der Waals surface area contributed by atoms with E-state index in [1.807, 2.05) is 43.3 Å². The molecule has 7 rings (SSSR count). The van der Waals surface area contributed by atoms with Crippen LogP contribution in [0.3, 0.4) is 0 Å². The molecule has 9 heteroatoms. The molecule has 3 unspecified atom stereocenters. The van der Waals surface area contributed by atoms with Crippen LogP contribution in [0.2, 0.25) is 0 Å². The Labute approximate surface area is 248 Å². The van der Waals surface area contributed by atoms with Crippen molar-refractivity contribution >= 4 is 38.8 Å². The molecule has 3 aromatic carbocycles. The van der Waals surface area contributed by atoms with Crippen molar-refractivity contribution in [2.45, 2.75) is 56.1 Å². The van der Waals surface area contributed by atoms with Gasteiger partial charge < -0.3 is 32.6 Å². The standard InChI is InChI=1S/C33H35N5O3S/c1-17-15-20(41-25-7-3-2-6-21(25)18-8-9-18)10-11-22(17)33(36)23-12-13-24(34)29-26(23)27(28(35)31(33)39)30(42-29)32(40)38-19-5-4-14-37-16-19/h2-3,6-7,10-13,15,18-19,28,37H,4-5,8-9,14,16,34-36H2,1H3,(H,38,40). The number of piperidine rings is 1. The smallest absolute Gasteiger partial charge is 0.262 e. The van der Waals surface area contributed by atoms with Gasteiger partial charge in [-0.15, -0.1) is 11.3 Å². The SMILES string of the molecule is Cc1cc(Oc2ccccc2C2CC2)ccc1C1(N)C(=O)C(N)c2c(C(=O)NC3CCCNC3)sc3c(N)ccc1c23. The summed E-state index contributed by atoms with van der Waals surface area (Å²) in [5.74, 6) is 1.49. The molecule has 2 heterocycles. The third kappa shape index (κ3) is 4.31. The van der Waals surface area contributed by atoms with Gasteiger partial charge in [0, 0.05) is 29.2 Å². The lowest BCUT2D eigenvalue weighted by Crippen LogP contribution is -2.53. The third-order valence-corrected chi connectivity index (χ3v) is 10.2. The molecular weight excluding hydrogens is 546 g/mol. The summed E-state index contributed by atoms with van der Waals surface area (Å²) in [4.78, 5) is 28.1. The average Bonchev–Trinajstić information content (AvgIpc) is 3.75. The summed E-state index contributed by atoms with van der Waals surface area (Å²) in [6.45, 7) is 3.58. The Bertz CT molecular complexity index is 1740. The normalized spacial score (nSPS) is 23.6. The Morgan fingerprint density at radius 1 is 1.10 bits per heavy atom. The van der Waals surface area contributed by atoms with Crippen LogP contribution in [0.4, 0.5) is 5.69 Å². The Hall–Kier alpha value is -3.76. The molecule has 4 aromatic rings. The van der Waals surface area contributed by atoms with Crippen molar-refractivity contribution in [2.24, 2.45) is 11.5 Å². The fraction of sp³-hybridized carbons (Fsp3) is 0.333. The number of hydrogen-bond donors (Lipinski definition) is 5. The number of aryl methyl sites for hydroxylation is 1. The van der Waals surface area contributed by atoms with E-state index in [0.29, 0.717) is 50.9 Å². The zero-order chi connectivity index (χ0) is 29.2. The number of nitrogens with one attached hydrogen (secondary N) is 2. The van der Waals surface area contributed by atoms with E-state index in [1.165, 1.54) is 29.7 Å². The van der Waals surface area contributed by atoms with Gasteiger partial charge in [0.1, 0.15) is 17.0 Å². The molecule has 0 spiro atoms. The number of nitrogens with two attached hydrogens (primary N) is 3. The number of amides is 1. The largest absolute Gasteiger partial charge is 0.457 e. The van der Waals surface area contributed by atoms with E-state index in [4.69, 9.17) is 21.9 Å². The number of carbonyl (C=O) groups is 2. The number of rotatable bonds is 6. The van der Waals surface area contributed by atoms with E-state index < -0.39 is 11.6 Å². The highest BCUT2D eigenvalue weighted by atomic mass is 32.1. The molecule has 8 nitrogen and oxygen atoms in total. The van der Waals surface area contributed by atoms with Crippen LogP contribution in [0, 0.1) is 6.92 Å². The van der Waals surface area contributed by atoms with E-state index in [0.717, 1.165) is 35.4 Å². The number of carbonyl (C=O) groups excluding carboxylic acids is 2. The summed E-state index contributed by atoms with van der Waals surface area (Å²) in [5, 5.41) is 7.15. The van der Waals surface area contributed by atoms with Gasteiger partial charge >= 0.3 is 0 Å². The molecule has 8 N–H and O–H groups in total. The fourth-order valence-electron chi connectivity index (χ4n) is 6.63. The Morgan fingerprint density at radius 3 is 2.62 bits per heavy atom. The molecule has 1 amide bonds. The van der Waals surface area contributed by atoms with Crippen molar-refractivity contribution in [2.75, 3.05) is 18.8 Å². The molecule has 216 valence electrons. The van der Waals surface area contributed by atoms with Gasteiger partial charge in [-0.3, -0.25) is 9.59 Å². The second-order valence-corrected chi connectivity index (χ2v) is 12.8. The van der Waals surface area contributed by atoms with Crippen LogP contribution in [0.5, 0.6) is 11.5 Å². The average molecular weight is 582 g/mol. The zero-order valence-electron chi connectivity index (χ0n) is 23.5. The van der Waals surface area contributed by atoms with E-state index in [2.05, 4.69) is 16.7 Å². The predicted molar refractivity (Wildman–Crippen MR) is 166 cm³/mol. The van der Waals surface area contributed by atoms with Crippen LogP contribution in [-0.2, 0) is 10.3 Å². The van der Waals surface area contributed by atoms with E-state index in [9.17, 15) is 9.59 Å². The van der Waals surface area contributed by atoms with Crippen molar-refractivity contribution in [3.8, 4) is 11.5 Å². The van der Waals surface area contributed by atoms with E-state index >= 15 is 0 Å². The summed E-state index contributed by atoms with van der Waals surface area (Å²) in [6, 6.07) is 16.3. The van der Waals surface area contributed by atoms with Crippen molar-refractivity contribution in [1.29, 1.82) is 0 Å². The highest BCUT2D eigenvalue weighted by molar-refractivity contribution is 7.21. The molecule has 0 bridgehead atoms. The van der Waals surface area contributed by atoms with Crippen molar-refractivity contribution in [1.82, 2.24) is 10.6 Å². The van der Waals surface area contributed by atoms with Gasteiger partial charge in [-0.1, -0.05) is 30.3 Å². The number of thiophene rings is 1. The number of benzene rings is 3. The number of nitrogen functional groups attached to an aromatic ring is 1. The van der Waals surface area contributed by atoms with Gasteiger partial charge in [-0.2, -0.15) is 0 Å². The quantitative estimate of drug-likeness (QED) is 0.207. The van der Waals surface area contributed by atoms with Gasteiger partial charge in [0.05, 0.1) is 15.6 Å². The molecule has 0 radical (unpaired) electrons. The highest BCUT2D eigenvalue weighted by Gasteiger charge is 2.49. The summed E-state index contributed by atoms with van der Waals surface area (Å²) < 4.78 is 7.05. The van der Waals surface area contributed by atoms with Crippen LogP contribution < -0.4 is 32.6 Å². The molecular formula is C33H35N5O3S.